The van der Waals surface area contributed by atoms with Crippen molar-refractivity contribution in [3.63, 3.8) is 0 Å². The number of ether oxygens (including phenoxy) is 1. The first-order chi connectivity index (χ1) is 15.7. The van der Waals surface area contributed by atoms with Crippen molar-refractivity contribution in [2.24, 2.45) is 0 Å². The molecule has 0 amide bonds. The van der Waals surface area contributed by atoms with Crippen LogP contribution in [0.5, 0.6) is 11.5 Å². The number of nitrogens with zero attached hydrogens (tertiary/aromatic N) is 3. The van der Waals surface area contributed by atoms with Crippen molar-refractivity contribution in [1.82, 2.24) is 9.61 Å². The lowest BCUT2D eigenvalue weighted by Crippen LogP contribution is -2.02. The molecular formula is C27H20N4O. The average Bonchev–Trinajstić information content (AvgIpc) is 3.18. The number of aryl methyl sites for hydroxylation is 1. The molecule has 0 bridgehead atoms. The van der Waals surface area contributed by atoms with E-state index in [0.717, 1.165) is 45.2 Å². The number of para-hydroxylation sites is 1. The SMILES string of the molecule is Cc1cc(-c2ccccc2)n2ncc(C#N)c(Nc3ccc(Oc4ccccc4)cc3)c12. The third-order valence-corrected chi connectivity index (χ3v) is 5.27. The van der Waals surface area contributed by atoms with Gasteiger partial charge in [0.05, 0.1) is 28.7 Å². The lowest BCUT2D eigenvalue weighted by Gasteiger charge is -2.13. The van der Waals surface area contributed by atoms with Crippen LogP contribution in [0.15, 0.2) is 97.2 Å². The van der Waals surface area contributed by atoms with Crippen LogP contribution in [0.4, 0.5) is 11.4 Å². The van der Waals surface area contributed by atoms with Crippen molar-refractivity contribution in [1.29, 1.82) is 5.26 Å². The summed E-state index contributed by atoms with van der Waals surface area (Å²) >= 11 is 0. The summed E-state index contributed by atoms with van der Waals surface area (Å²) in [6, 6.07) is 31.8. The summed E-state index contributed by atoms with van der Waals surface area (Å²) in [6.07, 6.45) is 1.61. The maximum Gasteiger partial charge on any atom is 0.127 e. The number of anilines is 2. The van der Waals surface area contributed by atoms with Gasteiger partial charge >= 0.3 is 0 Å². The van der Waals surface area contributed by atoms with Crippen LogP contribution in [0.2, 0.25) is 0 Å². The first kappa shape index (κ1) is 19.4. The van der Waals surface area contributed by atoms with Crippen LogP contribution >= 0.6 is 0 Å². The van der Waals surface area contributed by atoms with Gasteiger partial charge in [-0.3, -0.25) is 0 Å². The Hall–Kier alpha value is -4.56. The fraction of sp³-hybridized carbons (Fsp3) is 0.0370. The number of hydrogen-bond acceptors (Lipinski definition) is 4. The highest BCUT2D eigenvalue weighted by Crippen LogP contribution is 2.33. The fourth-order valence-corrected chi connectivity index (χ4v) is 3.75. The number of fused-ring (bicyclic) bond motifs is 1. The number of hydrogen-bond donors (Lipinski definition) is 1. The molecule has 0 aliphatic heterocycles. The van der Waals surface area contributed by atoms with Gasteiger partial charge in [0.2, 0.25) is 0 Å². The predicted octanol–water partition coefficient (Wildman–Crippen LogP) is 6.72. The smallest absolute Gasteiger partial charge is 0.127 e. The quantitative estimate of drug-likeness (QED) is 0.345. The molecule has 0 spiro atoms. The van der Waals surface area contributed by atoms with E-state index in [-0.39, 0.29) is 0 Å². The fourth-order valence-electron chi connectivity index (χ4n) is 3.75. The van der Waals surface area contributed by atoms with Crippen LogP contribution in [0.25, 0.3) is 16.8 Å². The minimum atomic E-state index is 0.489. The molecule has 0 aliphatic carbocycles. The van der Waals surface area contributed by atoms with E-state index in [0.29, 0.717) is 5.56 Å². The Kier molecular flexibility index (Phi) is 5.03. The maximum atomic E-state index is 9.72. The van der Waals surface area contributed by atoms with Gasteiger partial charge in [-0.2, -0.15) is 10.4 Å². The topological polar surface area (TPSA) is 62.4 Å². The Morgan fingerprint density at radius 2 is 1.53 bits per heavy atom. The Morgan fingerprint density at radius 3 is 2.22 bits per heavy atom. The van der Waals surface area contributed by atoms with Crippen LogP contribution in [-0.4, -0.2) is 9.61 Å². The van der Waals surface area contributed by atoms with Crippen molar-refractivity contribution < 1.29 is 4.74 Å². The molecule has 0 aliphatic rings. The molecule has 5 heteroatoms. The Morgan fingerprint density at radius 1 is 0.875 bits per heavy atom. The molecular weight excluding hydrogens is 396 g/mol. The molecule has 5 nitrogen and oxygen atoms in total. The number of benzene rings is 3. The lowest BCUT2D eigenvalue weighted by molar-refractivity contribution is 0.483. The zero-order valence-corrected chi connectivity index (χ0v) is 17.5. The average molecular weight is 416 g/mol. The van der Waals surface area contributed by atoms with Gasteiger partial charge in [0.15, 0.2) is 0 Å². The third kappa shape index (κ3) is 3.66. The summed E-state index contributed by atoms with van der Waals surface area (Å²) in [7, 11) is 0. The zero-order valence-electron chi connectivity index (χ0n) is 17.5. The largest absolute Gasteiger partial charge is 0.457 e. The molecule has 0 saturated heterocycles. The molecule has 0 unspecified atom stereocenters. The van der Waals surface area contributed by atoms with E-state index >= 15 is 0 Å². The van der Waals surface area contributed by atoms with Gasteiger partial charge in [0.1, 0.15) is 17.6 Å². The molecule has 154 valence electrons. The van der Waals surface area contributed by atoms with Crippen molar-refractivity contribution >= 4 is 16.9 Å². The van der Waals surface area contributed by atoms with Crippen LogP contribution in [0.3, 0.4) is 0 Å². The van der Waals surface area contributed by atoms with Crippen molar-refractivity contribution in [3.05, 3.63) is 108 Å². The van der Waals surface area contributed by atoms with Gasteiger partial charge < -0.3 is 10.1 Å². The molecule has 2 heterocycles. The van der Waals surface area contributed by atoms with Gasteiger partial charge in [-0.25, -0.2) is 4.52 Å². The van der Waals surface area contributed by atoms with E-state index in [2.05, 4.69) is 34.7 Å². The molecule has 0 atom stereocenters. The minimum Gasteiger partial charge on any atom is -0.457 e. The van der Waals surface area contributed by atoms with E-state index in [4.69, 9.17) is 4.74 Å². The highest BCUT2D eigenvalue weighted by molar-refractivity contribution is 5.87. The number of nitrogens with one attached hydrogen (secondary N) is 1. The van der Waals surface area contributed by atoms with Crippen LogP contribution < -0.4 is 10.1 Å². The number of rotatable bonds is 5. The molecule has 5 aromatic rings. The minimum absolute atomic E-state index is 0.489. The summed E-state index contributed by atoms with van der Waals surface area (Å²) < 4.78 is 7.77. The van der Waals surface area contributed by atoms with Gasteiger partial charge in [-0.1, -0.05) is 48.5 Å². The van der Waals surface area contributed by atoms with Gasteiger partial charge in [0.25, 0.3) is 0 Å². The molecule has 0 radical (unpaired) electrons. The highest BCUT2D eigenvalue weighted by Gasteiger charge is 2.16. The van der Waals surface area contributed by atoms with Crippen LogP contribution in [0.1, 0.15) is 11.1 Å². The van der Waals surface area contributed by atoms with E-state index < -0.39 is 0 Å². The van der Waals surface area contributed by atoms with Gasteiger partial charge in [-0.15, -0.1) is 0 Å². The Bertz CT molecular complexity index is 1420. The second-order valence-electron chi connectivity index (χ2n) is 7.45. The summed E-state index contributed by atoms with van der Waals surface area (Å²) in [5, 5.41) is 17.7. The Balaban J connectivity index is 1.51. The van der Waals surface area contributed by atoms with Crippen molar-refractivity contribution in [2.75, 3.05) is 5.32 Å². The Labute approximate surface area is 186 Å². The molecule has 0 fully saturated rings. The van der Waals surface area contributed by atoms with E-state index in [9.17, 15) is 5.26 Å². The lowest BCUT2D eigenvalue weighted by atomic mass is 10.1. The van der Waals surface area contributed by atoms with E-state index in [1.807, 2.05) is 84.2 Å². The first-order valence-corrected chi connectivity index (χ1v) is 10.3. The van der Waals surface area contributed by atoms with Gasteiger partial charge in [-0.05, 0) is 55.0 Å². The summed E-state index contributed by atoms with van der Waals surface area (Å²) in [6.45, 7) is 2.03. The van der Waals surface area contributed by atoms with E-state index in [1.165, 1.54) is 0 Å². The molecule has 32 heavy (non-hydrogen) atoms. The van der Waals surface area contributed by atoms with Crippen LogP contribution in [0, 0.1) is 18.3 Å². The molecule has 3 aromatic carbocycles. The normalized spacial score (nSPS) is 10.6. The molecule has 5 rings (SSSR count). The summed E-state index contributed by atoms with van der Waals surface area (Å²) in [4.78, 5) is 0. The number of nitriles is 1. The predicted molar refractivity (Wildman–Crippen MR) is 126 cm³/mol. The third-order valence-electron chi connectivity index (χ3n) is 5.27. The second kappa shape index (κ2) is 8.29. The summed E-state index contributed by atoms with van der Waals surface area (Å²) in [5.41, 5.74) is 6.06. The monoisotopic (exact) mass is 416 g/mol. The molecule has 2 aromatic heterocycles. The van der Waals surface area contributed by atoms with Crippen LogP contribution in [-0.2, 0) is 0 Å². The van der Waals surface area contributed by atoms with E-state index in [1.54, 1.807) is 6.20 Å². The zero-order chi connectivity index (χ0) is 21.9. The maximum absolute atomic E-state index is 9.72. The summed E-state index contributed by atoms with van der Waals surface area (Å²) in [5.74, 6) is 1.53. The molecule has 1 N–H and O–H groups in total. The van der Waals surface area contributed by atoms with Gasteiger partial charge in [0, 0.05) is 11.3 Å². The molecule has 0 saturated carbocycles. The highest BCUT2D eigenvalue weighted by atomic mass is 16.5. The van der Waals surface area contributed by atoms with Crippen molar-refractivity contribution in [2.45, 2.75) is 6.92 Å². The second-order valence-corrected chi connectivity index (χ2v) is 7.45. The number of aromatic nitrogens is 2. The standard InChI is InChI=1S/C27H20N4O/c1-19-16-25(20-8-4-2-5-9-20)31-27(19)26(21(17-28)18-29-31)30-22-12-14-24(15-13-22)32-23-10-6-3-7-11-23/h2-16,18,30H,1H3. The van der Waals surface area contributed by atoms with Crippen molar-refractivity contribution in [3.8, 4) is 28.8 Å². The first-order valence-electron chi connectivity index (χ1n) is 10.3.